The molecule has 2 unspecified atom stereocenters. The zero-order valence-corrected chi connectivity index (χ0v) is 24.1. The van der Waals surface area contributed by atoms with Gasteiger partial charge in [0.05, 0.1) is 0 Å². The number of carbonyl (C=O) groups excluding carboxylic acids is 8. The summed E-state index contributed by atoms with van der Waals surface area (Å²) in [4.78, 5) is 101. The highest BCUT2D eigenvalue weighted by atomic mass is 16.2. The number of amides is 8. The molecule has 0 aromatic heterocycles. The van der Waals surface area contributed by atoms with E-state index in [2.05, 4.69) is 21.3 Å². The summed E-state index contributed by atoms with van der Waals surface area (Å²) < 4.78 is 0. The van der Waals surface area contributed by atoms with Crippen LogP contribution in [0.25, 0.3) is 0 Å². The molecule has 0 saturated carbocycles. The second-order valence-electron chi connectivity index (χ2n) is 11.5. The Hall–Kier alpha value is -5.40. The largest absolute Gasteiger partial charge is 0.326 e. The third-order valence-corrected chi connectivity index (χ3v) is 8.43. The van der Waals surface area contributed by atoms with Crippen molar-refractivity contribution in [1.29, 1.82) is 0 Å². The van der Waals surface area contributed by atoms with E-state index in [4.69, 9.17) is 0 Å². The molecule has 0 aliphatic carbocycles. The Kier molecular flexibility index (Phi) is 7.87. The first kappa shape index (κ1) is 29.7. The van der Waals surface area contributed by atoms with Crippen LogP contribution in [0.5, 0.6) is 0 Å². The van der Waals surface area contributed by atoms with Gasteiger partial charge in [0.2, 0.25) is 35.4 Å². The Morgan fingerprint density at radius 1 is 0.667 bits per heavy atom. The first-order valence-electron chi connectivity index (χ1n) is 14.7. The van der Waals surface area contributed by atoms with Gasteiger partial charge in [-0.05, 0) is 54.7 Å². The van der Waals surface area contributed by atoms with E-state index >= 15 is 0 Å². The molecule has 2 aromatic rings. The molecule has 6 rings (SSSR count). The second-order valence-corrected chi connectivity index (χ2v) is 11.5. The fraction of sp³-hybridized carbons (Fsp3) is 0.355. The molecule has 2 atom stereocenters. The Labute approximate surface area is 256 Å². The molecule has 4 heterocycles. The maximum atomic E-state index is 13.0. The van der Waals surface area contributed by atoms with Gasteiger partial charge in [-0.25, -0.2) is 0 Å². The van der Waals surface area contributed by atoms with Gasteiger partial charge in [-0.2, -0.15) is 0 Å². The van der Waals surface area contributed by atoms with Crippen molar-refractivity contribution in [3.63, 3.8) is 0 Å². The molecule has 8 amide bonds. The molecule has 2 aromatic carbocycles. The number of hydrogen-bond donors (Lipinski definition) is 4. The van der Waals surface area contributed by atoms with Gasteiger partial charge in [0.1, 0.15) is 12.1 Å². The van der Waals surface area contributed by atoms with Crippen molar-refractivity contribution in [2.75, 3.05) is 10.6 Å². The van der Waals surface area contributed by atoms with Crippen molar-refractivity contribution in [2.24, 2.45) is 0 Å². The number of hydrogen-bond acceptors (Lipinski definition) is 8. The zero-order chi connectivity index (χ0) is 31.8. The number of anilines is 2. The van der Waals surface area contributed by atoms with E-state index in [1.807, 2.05) is 0 Å². The van der Waals surface area contributed by atoms with Crippen LogP contribution in [0.3, 0.4) is 0 Å². The van der Waals surface area contributed by atoms with Gasteiger partial charge in [0, 0.05) is 61.3 Å². The molecular formula is C31H30N6O8. The van der Waals surface area contributed by atoms with E-state index in [9.17, 15) is 38.4 Å². The number of imide groups is 2. The minimum absolute atomic E-state index is 0.0461. The lowest BCUT2D eigenvalue weighted by atomic mass is 10.0. The van der Waals surface area contributed by atoms with Crippen LogP contribution in [0.15, 0.2) is 36.4 Å². The van der Waals surface area contributed by atoms with Crippen molar-refractivity contribution >= 4 is 58.6 Å². The highest BCUT2D eigenvalue weighted by molar-refractivity contribution is 6.07. The summed E-state index contributed by atoms with van der Waals surface area (Å²) >= 11 is 0. The lowest BCUT2D eigenvalue weighted by Gasteiger charge is -2.29. The van der Waals surface area contributed by atoms with Gasteiger partial charge in [-0.15, -0.1) is 0 Å². The lowest BCUT2D eigenvalue weighted by molar-refractivity contribution is -0.138. The fourth-order valence-corrected chi connectivity index (χ4v) is 6.12. The molecule has 232 valence electrons. The Balaban J connectivity index is 0.973. The first-order valence-corrected chi connectivity index (χ1v) is 14.7. The minimum Gasteiger partial charge on any atom is -0.326 e. The molecule has 2 saturated heterocycles. The van der Waals surface area contributed by atoms with Gasteiger partial charge in [0.25, 0.3) is 11.8 Å². The molecule has 14 heteroatoms. The second kappa shape index (κ2) is 11.9. The van der Waals surface area contributed by atoms with Crippen molar-refractivity contribution in [3.8, 4) is 0 Å². The summed E-state index contributed by atoms with van der Waals surface area (Å²) in [5.41, 5.74) is 3.02. The van der Waals surface area contributed by atoms with Crippen molar-refractivity contribution in [3.05, 3.63) is 58.7 Å². The molecule has 0 radical (unpaired) electrons. The van der Waals surface area contributed by atoms with Crippen molar-refractivity contribution in [2.45, 2.75) is 70.1 Å². The van der Waals surface area contributed by atoms with Gasteiger partial charge in [0.15, 0.2) is 0 Å². The predicted molar refractivity (Wildman–Crippen MR) is 156 cm³/mol. The van der Waals surface area contributed by atoms with Gasteiger partial charge < -0.3 is 20.4 Å². The molecule has 0 bridgehead atoms. The highest BCUT2D eigenvalue weighted by Crippen LogP contribution is 2.31. The van der Waals surface area contributed by atoms with E-state index in [0.29, 0.717) is 22.5 Å². The number of fused-ring (bicyclic) bond motifs is 2. The SMILES string of the molecule is O=C1CCC(N2Cc3ccc(NC(=O)CCCC(=O)Nc4ccc5c(c4)C(=O)N(C4CCC(=O)NC4=O)C5)cc3C2=O)C(=O)N1. The monoisotopic (exact) mass is 614 g/mol. The third-order valence-electron chi connectivity index (χ3n) is 8.43. The normalized spacial score (nSPS) is 20.9. The summed E-state index contributed by atoms with van der Waals surface area (Å²) in [5, 5.41) is 10.0. The zero-order valence-electron chi connectivity index (χ0n) is 24.1. The topological polar surface area (TPSA) is 191 Å². The van der Waals surface area contributed by atoms with E-state index in [0.717, 1.165) is 11.1 Å². The average molecular weight is 615 g/mol. The summed E-state index contributed by atoms with van der Waals surface area (Å²) in [6.45, 7) is 0.473. The number of rotatable bonds is 8. The van der Waals surface area contributed by atoms with Gasteiger partial charge in [-0.1, -0.05) is 12.1 Å². The summed E-state index contributed by atoms with van der Waals surface area (Å²) in [5.74, 6) is -3.07. The number of nitrogens with zero attached hydrogens (tertiary/aromatic N) is 2. The van der Waals surface area contributed by atoms with E-state index in [-0.39, 0.29) is 93.5 Å². The molecule has 4 N–H and O–H groups in total. The minimum atomic E-state index is -0.725. The molecule has 45 heavy (non-hydrogen) atoms. The number of piperidine rings is 2. The maximum Gasteiger partial charge on any atom is 0.255 e. The van der Waals surface area contributed by atoms with E-state index in [1.165, 1.54) is 9.80 Å². The summed E-state index contributed by atoms with van der Waals surface area (Å²) in [6.07, 6.45) is 1.18. The van der Waals surface area contributed by atoms with Crippen LogP contribution < -0.4 is 21.3 Å². The molecule has 2 fully saturated rings. The van der Waals surface area contributed by atoms with Crippen LogP contribution in [0.1, 0.15) is 76.8 Å². The number of benzene rings is 2. The predicted octanol–water partition coefficient (Wildman–Crippen LogP) is 0.956. The van der Waals surface area contributed by atoms with Crippen LogP contribution in [0.4, 0.5) is 11.4 Å². The standard InChI is InChI=1S/C31H30N6O8/c38-24(32-18-6-4-16-14-36(30(44)20(16)12-18)22-8-10-26(40)34-28(22)42)2-1-3-25(39)33-19-7-5-17-15-37(31(45)21(17)13-19)23-9-11-27(41)35-29(23)43/h4-7,12-13,22-23H,1-3,8-11,14-15H2,(H,32,38)(H,33,39)(H,34,40,42)(H,35,41,43). The fourth-order valence-electron chi connectivity index (χ4n) is 6.12. The van der Waals surface area contributed by atoms with E-state index in [1.54, 1.807) is 36.4 Å². The van der Waals surface area contributed by atoms with Gasteiger partial charge in [-0.3, -0.25) is 49.0 Å². The smallest absolute Gasteiger partial charge is 0.255 e. The molecular weight excluding hydrogens is 584 g/mol. The quantitative estimate of drug-likeness (QED) is 0.316. The van der Waals surface area contributed by atoms with Gasteiger partial charge >= 0.3 is 0 Å². The van der Waals surface area contributed by atoms with Crippen LogP contribution in [-0.2, 0) is 41.9 Å². The van der Waals surface area contributed by atoms with Crippen LogP contribution >= 0.6 is 0 Å². The Morgan fingerprint density at radius 3 is 1.49 bits per heavy atom. The lowest BCUT2D eigenvalue weighted by Crippen LogP contribution is -2.52. The average Bonchev–Trinajstić information content (AvgIpc) is 3.49. The van der Waals surface area contributed by atoms with Crippen LogP contribution in [0.2, 0.25) is 0 Å². The molecule has 0 spiro atoms. The Morgan fingerprint density at radius 2 is 1.09 bits per heavy atom. The Bertz CT molecular complexity index is 1560. The summed E-state index contributed by atoms with van der Waals surface area (Å²) in [7, 11) is 0. The third kappa shape index (κ3) is 6.03. The summed E-state index contributed by atoms with van der Waals surface area (Å²) in [6, 6.07) is 8.44. The maximum absolute atomic E-state index is 13.0. The first-order chi connectivity index (χ1) is 21.6. The number of carbonyl (C=O) groups is 8. The number of nitrogens with one attached hydrogen (secondary N) is 4. The van der Waals surface area contributed by atoms with E-state index < -0.39 is 23.9 Å². The molecule has 14 nitrogen and oxygen atoms in total. The molecule has 4 aliphatic heterocycles. The van der Waals surface area contributed by atoms with Crippen LogP contribution in [0, 0.1) is 0 Å². The van der Waals surface area contributed by atoms with Crippen molar-refractivity contribution in [1.82, 2.24) is 20.4 Å². The van der Waals surface area contributed by atoms with Crippen LogP contribution in [-0.4, -0.2) is 69.1 Å². The molecule has 4 aliphatic rings. The highest BCUT2D eigenvalue weighted by Gasteiger charge is 2.40. The van der Waals surface area contributed by atoms with Crippen molar-refractivity contribution < 1.29 is 38.4 Å².